The number of hydrogen-bond donors (Lipinski definition) is 2. The fraction of sp³-hybridized carbons (Fsp3) is 0.588. The molecule has 6 nitrogen and oxygen atoms in total. The van der Waals surface area contributed by atoms with E-state index >= 15 is 0 Å². The minimum Gasteiger partial charge on any atom is -0.395 e. The Morgan fingerprint density at radius 1 is 1.02 bits per heavy atom. The van der Waals surface area contributed by atoms with Gasteiger partial charge in [-0.15, -0.1) is 0 Å². The minimum atomic E-state index is -0.439. The number of hydrogen-bond acceptors (Lipinski definition) is 6. The number of nitrogens with one attached hydrogen (secondary N) is 1. The molecule has 1 saturated heterocycles. The Kier molecular flexibility index (Phi) is 22.7. The zero-order chi connectivity index (χ0) is 32.9. The van der Waals surface area contributed by atoms with Gasteiger partial charge in [-0.25, -0.2) is 4.39 Å². The van der Waals surface area contributed by atoms with E-state index in [4.69, 9.17) is 21.4 Å². The molecule has 2 unspecified atom stereocenters. The second-order valence-electron chi connectivity index (χ2n) is 10.2. The van der Waals surface area contributed by atoms with E-state index in [1.807, 2.05) is 39.8 Å². The molecule has 2 N–H and O–H groups in total. The maximum atomic E-state index is 14.0. The van der Waals surface area contributed by atoms with Crippen LogP contribution in [0.5, 0.6) is 0 Å². The predicted molar refractivity (Wildman–Crippen MR) is 181 cm³/mol. The fourth-order valence-electron chi connectivity index (χ4n) is 4.53. The molecule has 0 amide bonds. The Labute approximate surface area is 272 Å². The second kappa shape index (κ2) is 23.7. The van der Waals surface area contributed by atoms with Crippen LogP contribution >= 0.6 is 27.5 Å². The van der Waals surface area contributed by atoms with Crippen molar-refractivity contribution in [2.24, 2.45) is 0 Å². The largest absolute Gasteiger partial charge is 0.395 e. The highest BCUT2D eigenvalue weighted by atomic mass is 79.9. The van der Waals surface area contributed by atoms with Gasteiger partial charge in [0.1, 0.15) is 17.4 Å². The SMILES string of the molecule is CC.CC.CC(=O)C(CN(CCO)C(C)C)c1ccc(Cl)cc1.CC(=O)C(CNC1CCOCC1)c1ccc(Br)cc1F. The molecule has 0 spiro atoms. The zero-order valence-corrected chi connectivity index (χ0v) is 29.6. The molecule has 0 aliphatic carbocycles. The van der Waals surface area contributed by atoms with Crippen LogP contribution in [0, 0.1) is 5.82 Å². The summed E-state index contributed by atoms with van der Waals surface area (Å²) in [5.74, 6) is -0.845. The standard InChI is InChI=1S/C15H19BrFNO2.C15H22ClNO2.2C2H6/c1-10(19)14(9-18-12-4-6-20-7-5-12)13-3-2-11(16)8-15(13)17;1-11(2)17(8-9-18)10-15(12(3)19)13-4-6-14(16)7-5-13;2*1-2/h2-3,8,12,14,18H,4-7,9H2,1H3;4-7,11,15,18H,8-10H2,1-3H3;2*1-2H3. The van der Waals surface area contributed by atoms with Gasteiger partial charge in [0.25, 0.3) is 0 Å². The molecule has 2 aromatic rings. The van der Waals surface area contributed by atoms with Crippen molar-refractivity contribution in [3.05, 3.63) is 68.9 Å². The highest BCUT2D eigenvalue weighted by Crippen LogP contribution is 2.24. The zero-order valence-electron chi connectivity index (χ0n) is 27.3. The summed E-state index contributed by atoms with van der Waals surface area (Å²) >= 11 is 9.10. The van der Waals surface area contributed by atoms with Gasteiger partial charge in [-0.05, 0) is 75.9 Å². The monoisotopic (exact) mass is 686 g/mol. The van der Waals surface area contributed by atoms with E-state index in [0.29, 0.717) is 46.8 Å². The van der Waals surface area contributed by atoms with Crippen LogP contribution in [0.25, 0.3) is 0 Å². The molecule has 0 aromatic heterocycles. The van der Waals surface area contributed by atoms with Crippen molar-refractivity contribution in [2.45, 2.75) is 92.2 Å². The van der Waals surface area contributed by atoms with E-state index in [9.17, 15) is 14.0 Å². The number of aliphatic hydroxyl groups excluding tert-OH is 1. The van der Waals surface area contributed by atoms with E-state index in [1.165, 1.54) is 13.0 Å². The average Bonchev–Trinajstić information content (AvgIpc) is 2.99. The third kappa shape index (κ3) is 15.7. The number of ether oxygens (including phenoxy) is 1. The fourth-order valence-corrected chi connectivity index (χ4v) is 4.99. The van der Waals surface area contributed by atoms with Crippen LogP contribution in [0.15, 0.2) is 46.9 Å². The highest BCUT2D eigenvalue weighted by molar-refractivity contribution is 9.10. The number of benzene rings is 2. The number of Topliss-reactive ketones (excluding diaryl/α,β-unsaturated/α-hetero) is 2. The molecule has 9 heteroatoms. The first-order valence-corrected chi connectivity index (χ1v) is 16.6. The number of carbonyl (C=O) groups is 2. The lowest BCUT2D eigenvalue weighted by molar-refractivity contribution is -0.119. The topological polar surface area (TPSA) is 78.9 Å². The van der Waals surface area contributed by atoms with Crippen LogP contribution in [0.1, 0.15) is 91.2 Å². The minimum absolute atomic E-state index is 0.0224. The van der Waals surface area contributed by atoms with Gasteiger partial charge < -0.3 is 15.2 Å². The molecule has 0 saturated carbocycles. The Morgan fingerprint density at radius 3 is 2.05 bits per heavy atom. The summed E-state index contributed by atoms with van der Waals surface area (Å²) in [5.41, 5.74) is 1.43. The maximum Gasteiger partial charge on any atom is 0.138 e. The third-order valence-electron chi connectivity index (χ3n) is 6.96. The van der Waals surface area contributed by atoms with Crippen LogP contribution in [-0.4, -0.2) is 73.1 Å². The van der Waals surface area contributed by atoms with Crippen LogP contribution in [0.2, 0.25) is 5.02 Å². The van der Waals surface area contributed by atoms with Crippen molar-refractivity contribution < 1.29 is 23.8 Å². The van der Waals surface area contributed by atoms with Crippen LogP contribution in [0.4, 0.5) is 4.39 Å². The summed E-state index contributed by atoms with van der Waals surface area (Å²) in [6, 6.07) is 12.9. The lowest BCUT2D eigenvalue weighted by Gasteiger charge is -2.29. The van der Waals surface area contributed by atoms with Gasteiger partial charge in [-0.3, -0.25) is 14.5 Å². The number of ketones is 2. The summed E-state index contributed by atoms with van der Waals surface area (Å²) in [6.07, 6.45) is 1.88. The highest BCUT2D eigenvalue weighted by Gasteiger charge is 2.23. The van der Waals surface area contributed by atoms with Crippen LogP contribution in [0.3, 0.4) is 0 Å². The van der Waals surface area contributed by atoms with Crippen molar-refractivity contribution in [3.63, 3.8) is 0 Å². The van der Waals surface area contributed by atoms with E-state index in [1.54, 1.807) is 31.2 Å². The molecule has 43 heavy (non-hydrogen) atoms. The molecule has 1 aliphatic heterocycles. The quantitative estimate of drug-likeness (QED) is 0.237. The second-order valence-corrected chi connectivity index (χ2v) is 11.5. The predicted octanol–water partition coefficient (Wildman–Crippen LogP) is 7.80. The molecule has 1 heterocycles. The van der Waals surface area contributed by atoms with Crippen molar-refractivity contribution in [3.8, 4) is 0 Å². The summed E-state index contributed by atoms with van der Waals surface area (Å²) in [5, 5.41) is 13.1. The molecule has 0 bridgehead atoms. The van der Waals surface area contributed by atoms with E-state index < -0.39 is 5.92 Å². The molecule has 1 aliphatic rings. The molecule has 0 radical (unpaired) electrons. The Balaban J connectivity index is 0.000000736. The van der Waals surface area contributed by atoms with Gasteiger partial charge in [0.15, 0.2) is 0 Å². The van der Waals surface area contributed by atoms with Crippen molar-refractivity contribution in [2.75, 3.05) is 39.5 Å². The lowest BCUT2D eigenvalue weighted by atomic mass is 9.94. The number of rotatable bonds is 12. The smallest absolute Gasteiger partial charge is 0.138 e. The van der Waals surface area contributed by atoms with Crippen LogP contribution < -0.4 is 5.32 Å². The van der Waals surface area contributed by atoms with E-state index in [-0.39, 0.29) is 29.9 Å². The van der Waals surface area contributed by atoms with Gasteiger partial charge in [0, 0.05) is 54.4 Å². The van der Waals surface area contributed by atoms with Crippen molar-refractivity contribution >= 4 is 39.1 Å². The van der Waals surface area contributed by atoms with Crippen molar-refractivity contribution in [1.29, 1.82) is 0 Å². The molecular weight excluding hydrogens is 635 g/mol. The van der Waals surface area contributed by atoms with Gasteiger partial charge in [0.2, 0.25) is 0 Å². The Hall–Kier alpha value is -1.68. The van der Waals surface area contributed by atoms with Crippen molar-refractivity contribution in [1.82, 2.24) is 10.2 Å². The van der Waals surface area contributed by atoms with E-state index in [0.717, 1.165) is 31.6 Å². The first kappa shape index (κ1) is 41.3. The van der Waals surface area contributed by atoms with Gasteiger partial charge in [-0.1, -0.05) is 73.4 Å². The summed E-state index contributed by atoms with van der Waals surface area (Å²) in [6.45, 7) is 18.5. The van der Waals surface area contributed by atoms with Gasteiger partial charge in [0.05, 0.1) is 18.4 Å². The molecular formula is C34H53BrClFN2O4. The number of halogens is 3. The Morgan fingerprint density at radius 2 is 1.58 bits per heavy atom. The first-order chi connectivity index (χ1) is 20.5. The lowest BCUT2D eigenvalue weighted by Crippen LogP contribution is -2.38. The molecule has 1 fully saturated rings. The van der Waals surface area contributed by atoms with Crippen LogP contribution in [-0.2, 0) is 14.3 Å². The van der Waals surface area contributed by atoms with E-state index in [2.05, 4.69) is 40.0 Å². The Bertz CT molecular complexity index is 1050. The average molecular weight is 688 g/mol. The first-order valence-electron chi connectivity index (χ1n) is 15.4. The summed E-state index contributed by atoms with van der Waals surface area (Å²) in [4.78, 5) is 25.8. The molecule has 2 atom stereocenters. The molecule has 2 aromatic carbocycles. The molecule has 3 rings (SSSR count). The number of carbonyl (C=O) groups excluding carboxylic acids is 2. The maximum absolute atomic E-state index is 14.0. The number of aliphatic hydroxyl groups is 1. The van der Waals surface area contributed by atoms with Gasteiger partial charge in [-0.2, -0.15) is 0 Å². The third-order valence-corrected chi connectivity index (χ3v) is 7.70. The summed E-state index contributed by atoms with van der Waals surface area (Å²) < 4.78 is 20.0. The normalized spacial score (nSPS) is 14.4. The summed E-state index contributed by atoms with van der Waals surface area (Å²) in [7, 11) is 0. The van der Waals surface area contributed by atoms with Gasteiger partial charge >= 0.3 is 0 Å². The molecule has 244 valence electrons. The number of nitrogens with zero attached hydrogens (tertiary/aromatic N) is 1.